The number of ether oxygens (including phenoxy) is 1. The second kappa shape index (κ2) is 10.3. The molecule has 1 saturated heterocycles. The van der Waals surface area contributed by atoms with Crippen molar-refractivity contribution in [2.75, 3.05) is 19.7 Å². The van der Waals surface area contributed by atoms with Gasteiger partial charge in [-0.3, -0.25) is 4.79 Å². The van der Waals surface area contributed by atoms with Crippen LogP contribution in [0.3, 0.4) is 0 Å². The number of aromatic nitrogens is 2. The molecule has 2 heterocycles. The van der Waals surface area contributed by atoms with Crippen LogP contribution in [0.25, 0.3) is 5.69 Å². The van der Waals surface area contributed by atoms with Crippen LogP contribution >= 0.6 is 0 Å². The molecule has 6 nitrogen and oxygen atoms in total. The van der Waals surface area contributed by atoms with E-state index >= 15 is 0 Å². The van der Waals surface area contributed by atoms with Gasteiger partial charge in [0.1, 0.15) is 5.75 Å². The molecule has 6 heteroatoms. The number of likely N-dealkylation sites (tertiary alicyclic amines) is 1. The number of hydrogen-bond acceptors (Lipinski definition) is 5. The molecule has 0 bridgehead atoms. The van der Waals surface area contributed by atoms with Crippen molar-refractivity contribution in [2.45, 2.75) is 38.6 Å². The Balaban J connectivity index is 1.28. The van der Waals surface area contributed by atoms with Crippen molar-refractivity contribution < 1.29 is 9.53 Å². The van der Waals surface area contributed by atoms with Gasteiger partial charge in [-0.1, -0.05) is 12.1 Å². The number of Topliss-reactive ketones (excluding diaryl/α,β-unsaturated/α-hetero) is 1. The molecule has 0 saturated carbocycles. The quantitative estimate of drug-likeness (QED) is 0.373. The zero-order valence-corrected chi connectivity index (χ0v) is 18.4. The highest BCUT2D eigenvalue weighted by Crippen LogP contribution is 2.18. The van der Waals surface area contributed by atoms with Crippen molar-refractivity contribution in [1.29, 1.82) is 5.26 Å². The third-order valence-corrected chi connectivity index (χ3v) is 5.99. The molecule has 1 atom stereocenters. The molecule has 0 radical (unpaired) electrons. The Morgan fingerprint density at radius 3 is 2.66 bits per heavy atom. The second-order valence-electron chi connectivity index (χ2n) is 8.31. The summed E-state index contributed by atoms with van der Waals surface area (Å²) >= 11 is 0. The highest BCUT2D eigenvalue weighted by Gasteiger charge is 2.19. The van der Waals surface area contributed by atoms with E-state index in [0.717, 1.165) is 30.0 Å². The Morgan fingerprint density at radius 2 is 1.97 bits per heavy atom. The minimum Gasteiger partial charge on any atom is -0.494 e. The first kappa shape index (κ1) is 21.8. The van der Waals surface area contributed by atoms with E-state index in [1.54, 1.807) is 35.1 Å². The van der Waals surface area contributed by atoms with Crippen LogP contribution in [-0.2, 0) is 6.42 Å². The fourth-order valence-corrected chi connectivity index (χ4v) is 4.09. The monoisotopic (exact) mass is 428 g/mol. The molecule has 3 aromatic rings. The number of benzene rings is 2. The van der Waals surface area contributed by atoms with E-state index in [0.29, 0.717) is 23.8 Å². The summed E-state index contributed by atoms with van der Waals surface area (Å²) in [5, 5.41) is 13.3. The van der Waals surface area contributed by atoms with Crippen LogP contribution in [0.2, 0.25) is 0 Å². The molecule has 0 amide bonds. The highest BCUT2D eigenvalue weighted by molar-refractivity contribution is 5.97. The van der Waals surface area contributed by atoms with Crippen LogP contribution < -0.4 is 4.74 Å². The maximum atomic E-state index is 12.5. The van der Waals surface area contributed by atoms with Crippen LogP contribution in [0.15, 0.2) is 60.9 Å². The summed E-state index contributed by atoms with van der Waals surface area (Å²) in [4.78, 5) is 15.0. The number of rotatable bonds is 9. The van der Waals surface area contributed by atoms with E-state index in [-0.39, 0.29) is 12.2 Å². The van der Waals surface area contributed by atoms with Gasteiger partial charge >= 0.3 is 0 Å². The molecule has 0 aliphatic carbocycles. The van der Waals surface area contributed by atoms with Crippen LogP contribution in [0.5, 0.6) is 5.75 Å². The molecule has 1 aliphatic heterocycles. The lowest BCUT2D eigenvalue weighted by Crippen LogP contribution is -2.28. The first-order valence-electron chi connectivity index (χ1n) is 11.2. The lowest BCUT2D eigenvalue weighted by Gasteiger charge is -2.20. The van der Waals surface area contributed by atoms with Crippen molar-refractivity contribution in [2.24, 2.45) is 0 Å². The zero-order valence-electron chi connectivity index (χ0n) is 18.4. The highest BCUT2D eigenvalue weighted by atomic mass is 16.5. The Kier molecular flexibility index (Phi) is 6.98. The van der Waals surface area contributed by atoms with Gasteiger partial charge in [0, 0.05) is 30.8 Å². The molecule has 1 fully saturated rings. The summed E-state index contributed by atoms with van der Waals surface area (Å²) in [6.45, 7) is 5.32. The Hall–Kier alpha value is -3.43. The number of carbonyl (C=O) groups is 1. The van der Waals surface area contributed by atoms with Gasteiger partial charge in [-0.05, 0) is 74.7 Å². The molecule has 0 spiro atoms. The molecule has 1 aromatic heterocycles. The summed E-state index contributed by atoms with van der Waals surface area (Å²) in [5.41, 5.74) is 2.90. The van der Waals surface area contributed by atoms with Crippen LogP contribution in [0.4, 0.5) is 0 Å². The summed E-state index contributed by atoms with van der Waals surface area (Å²) in [5.74, 6) is 0.854. The maximum Gasteiger partial charge on any atom is 0.167 e. The predicted octanol–water partition coefficient (Wildman–Crippen LogP) is 4.42. The van der Waals surface area contributed by atoms with Crippen molar-refractivity contribution in [3.8, 4) is 17.5 Å². The molecule has 164 valence electrons. The first-order chi connectivity index (χ1) is 15.6. The van der Waals surface area contributed by atoms with Crippen molar-refractivity contribution >= 4 is 5.78 Å². The Labute approximate surface area is 189 Å². The minimum atomic E-state index is 0.00103. The largest absolute Gasteiger partial charge is 0.494 e. The topological polar surface area (TPSA) is 71.2 Å². The second-order valence-corrected chi connectivity index (χ2v) is 8.31. The molecule has 4 rings (SSSR count). The standard InChI is InChI=1S/C26H28N4O2/c1-20-4-2-13-29(20)14-3-15-32-25-11-9-24(10-12-25)30-19-22(18-28-30)16-26(31)23-7-5-21(17-27)6-8-23/h5-12,18-20H,2-4,13-16H2,1H3. The van der Waals surface area contributed by atoms with Crippen molar-refractivity contribution in [3.05, 3.63) is 77.6 Å². The Bertz CT molecular complexity index is 1080. The molecule has 1 unspecified atom stereocenters. The average Bonchev–Trinajstić information content (AvgIpc) is 3.46. The van der Waals surface area contributed by atoms with Crippen LogP contribution in [0, 0.1) is 11.3 Å². The average molecular weight is 429 g/mol. The molecule has 2 aromatic carbocycles. The SMILES string of the molecule is CC1CCCN1CCCOc1ccc(-n2cc(CC(=O)c3ccc(C#N)cc3)cn2)cc1. The van der Waals surface area contributed by atoms with Gasteiger partial charge in [-0.15, -0.1) is 0 Å². The van der Waals surface area contributed by atoms with E-state index in [4.69, 9.17) is 10.00 Å². The van der Waals surface area contributed by atoms with Gasteiger partial charge in [0.2, 0.25) is 0 Å². The fourth-order valence-electron chi connectivity index (χ4n) is 4.09. The summed E-state index contributed by atoms with van der Waals surface area (Å²) in [6, 6.07) is 17.3. The number of hydrogen-bond donors (Lipinski definition) is 0. The minimum absolute atomic E-state index is 0.00103. The summed E-state index contributed by atoms with van der Waals surface area (Å²) in [6.07, 6.45) is 7.49. The van der Waals surface area contributed by atoms with Gasteiger partial charge in [-0.2, -0.15) is 10.4 Å². The lowest BCUT2D eigenvalue weighted by atomic mass is 10.0. The predicted molar refractivity (Wildman–Crippen MR) is 123 cm³/mol. The fraction of sp³-hybridized carbons (Fsp3) is 0.346. The molecule has 32 heavy (non-hydrogen) atoms. The zero-order chi connectivity index (χ0) is 22.3. The van der Waals surface area contributed by atoms with E-state index in [2.05, 4.69) is 23.0 Å². The summed E-state index contributed by atoms with van der Waals surface area (Å²) < 4.78 is 7.66. The van der Waals surface area contributed by atoms with Gasteiger partial charge < -0.3 is 9.64 Å². The van der Waals surface area contributed by atoms with E-state index < -0.39 is 0 Å². The van der Waals surface area contributed by atoms with Gasteiger partial charge in [-0.25, -0.2) is 4.68 Å². The third kappa shape index (κ3) is 5.43. The smallest absolute Gasteiger partial charge is 0.167 e. The normalized spacial score (nSPS) is 16.1. The van der Waals surface area contributed by atoms with E-state index in [1.165, 1.54) is 19.4 Å². The maximum absolute atomic E-state index is 12.5. The third-order valence-electron chi connectivity index (χ3n) is 5.99. The van der Waals surface area contributed by atoms with Crippen LogP contribution in [0.1, 0.15) is 47.7 Å². The molecule has 1 aliphatic rings. The van der Waals surface area contributed by atoms with Crippen molar-refractivity contribution in [3.63, 3.8) is 0 Å². The Morgan fingerprint density at radius 1 is 1.19 bits per heavy atom. The lowest BCUT2D eigenvalue weighted by molar-refractivity contribution is 0.0993. The van der Waals surface area contributed by atoms with Gasteiger partial charge in [0.25, 0.3) is 0 Å². The number of carbonyl (C=O) groups excluding carboxylic acids is 1. The number of nitrogens with zero attached hydrogens (tertiary/aromatic N) is 4. The number of nitriles is 1. The number of ketones is 1. The van der Waals surface area contributed by atoms with E-state index in [9.17, 15) is 4.79 Å². The molecule has 0 N–H and O–H groups in total. The molecular weight excluding hydrogens is 400 g/mol. The summed E-state index contributed by atoms with van der Waals surface area (Å²) in [7, 11) is 0. The van der Waals surface area contributed by atoms with E-state index in [1.807, 2.05) is 30.5 Å². The first-order valence-corrected chi connectivity index (χ1v) is 11.2. The van der Waals surface area contributed by atoms with Crippen molar-refractivity contribution in [1.82, 2.24) is 14.7 Å². The van der Waals surface area contributed by atoms with Crippen LogP contribution in [-0.4, -0.2) is 46.2 Å². The van der Waals surface area contributed by atoms with Gasteiger partial charge in [0.05, 0.1) is 30.1 Å². The van der Waals surface area contributed by atoms with Gasteiger partial charge in [0.15, 0.2) is 5.78 Å². The molecular formula is C26H28N4O2.